The van der Waals surface area contributed by atoms with Gasteiger partial charge >= 0.3 is 5.97 Å². The topological polar surface area (TPSA) is 86.5 Å². The molecular weight excluding hydrogens is 218 g/mol. The zero-order valence-electron chi connectivity index (χ0n) is 8.10. The summed E-state index contributed by atoms with van der Waals surface area (Å²) in [4.78, 5) is 11.1. The summed E-state index contributed by atoms with van der Waals surface area (Å²) in [7, 11) is -1.24. The standard InChI is InChI=1S/C9H11NO4S/c1-14-9(11)7-3-2-6(4-8(7)10)5-15(12)13/h2-4,15H,5,10H2,1H3. The van der Waals surface area contributed by atoms with Crippen LogP contribution in [0.2, 0.25) is 0 Å². The zero-order chi connectivity index (χ0) is 11.4. The number of esters is 1. The molecule has 2 N–H and O–H groups in total. The van der Waals surface area contributed by atoms with Crippen molar-refractivity contribution in [3.8, 4) is 0 Å². The van der Waals surface area contributed by atoms with Crippen LogP contribution >= 0.6 is 0 Å². The molecule has 5 nitrogen and oxygen atoms in total. The first-order valence-corrected chi connectivity index (χ1v) is 5.49. The molecule has 82 valence electrons. The molecule has 0 aliphatic carbocycles. The molecule has 1 aromatic carbocycles. The average Bonchev–Trinajstić information content (AvgIpc) is 2.16. The molecule has 0 saturated heterocycles. The van der Waals surface area contributed by atoms with Gasteiger partial charge in [0.2, 0.25) is 0 Å². The third-order valence-electron chi connectivity index (χ3n) is 1.83. The molecule has 0 saturated carbocycles. The lowest BCUT2D eigenvalue weighted by atomic mass is 10.1. The fourth-order valence-electron chi connectivity index (χ4n) is 1.16. The van der Waals surface area contributed by atoms with Gasteiger partial charge in [-0.05, 0) is 17.7 Å². The maximum absolute atomic E-state index is 11.1. The quantitative estimate of drug-likeness (QED) is 0.438. The zero-order valence-corrected chi connectivity index (χ0v) is 8.99. The lowest BCUT2D eigenvalue weighted by molar-refractivity contribution is 0.0602. The highest BCUT2D eigenvalue weighted by Crippen LogP contribution is 2.15. The number of carbonyl (C=O) groups is 1. The molecular formula is C9H11NO4S. The van der Waals surface area contributed by atoms with Crippen LogP contribution in [0.4, 0.5) is 5.69 Å². The maximum Gasteiger partial charge on any atom is 0.339 e. The van der Waals surface area contributed by atoms with Crippen molar-refractivity contribution in [2.75, 3.05) is 12.8 Å². The number of carbonyl (C=O) groups excluding carboxylic acids is 1. The highest BCUT2D eigenvalue weighted by molar-refractivity contribution is 7.71. The molecule has 0 spiro atoms. The Hall–Kier alpha value is -1.56. The SMILES string of the molecule is COC(=O)c1ccc(C[SH](=O)=O)cc1N. The molecule has 0 bridgehead atoms. The molecule has 0 radical (unpaired) electrons. The van der Waals surface area contributed by atoms with Gasteiger partial charge < -0.3 is 10.5 Å². The maximum atomic E-state index is 11.1. The summed E-state index contributed by atoms with van der Waals surface area (Å²) in [6, 6.07) is 4.44. The Bertz CT molecular complexity index is 445. The van der Waals surface area contributed by atoms with Crippen LogP contribution in [0.3, 0.4) is 0 Å². The number of anilines is 1. The smallest absolute Gasteiger partial charge is 0.339 e. The molecule has 6 heteroatoms. The van der Waals surface area contributed by atoms with Crippen molar-refractivity contribution in [3.63, 3.8) is 0 Å². The lowest BCUT2D eigenvalue weighted by Crippen LogP contribution is -2.06. The first-order valence-electron chi connectivity index (χ1n) is 4.13. The van der Waals surface area contributed by atoms with Gasteiger partial charge in [-0.2, -0.15) is 0 Å². The van der Waals surface area contributed by atoms with Gasteiger partial charge in [0.15, 0.2) is 0 Å². The van der Waals surface area contributed by atoms with Gasteiger partial charge in [-0.15, -0.1) is 0 Å². The predicted octanol–water partition coefficient (Wildman–Crippen LogP) is 0.167. The highest BCUT2D eigenvalue weighted by atomic mass is 32.2. The van der Waals surface area contributed by atoms with Gasteiger partial charge in [0, 0.05) is 5.69 Å². The Labute approximate surface area is 88.8 Å². The monoisotopic (exact) mass is 229 g/mol. The van der Waals surface area contributed by atoms with Crippen molar-refractivity contribution in [1.82, 2.24) is 0 Å². The van der Waals surface area contributed by atoms with E-state index in [0.717, 1.165) is 0 Å². The summed E-state index contributed by atoms with van der Waals surface area (Å²) in [5.74, 6) is -0.619. The van der Waals surface area contributed by atoms with E-state index in [1.165, 1.54) is 25.3 Å². The van der Waals surface area contributed by atoms with Gasteiger partial charge in [-0.3, -0.25) is 0 Å². The second-order valence-electron chi connectivity index (χ2n) is 2.90. The molecule has 0 heterocycles. The third-order valence-corrected chi connectivity index (χ3v) is 2.46. The van der Waals surface area contributed by atoms with E-state index in [0.29, 0.717) is 5.56 Å². The van der Waals surface area contributed by atoms with E-state index >= 15 is 0 Å². The van der Waals surface area contributed by atoms with E-state index in [-0.39, 0.29) is 17.0 Å². The van der Waals surface area contributed by atoms with Crippen molar-refractivity contribution in [2.24, 2.45) is 0 Å². The Morgan fingerprint density at radius 1 is 1.47 bits per heavy atom. The summed E-state index contributed by atoms with van der Waals surface area (Å²) in [5, 5.41) is 0. The van der Waals surface area contributed by atoms with Crippen molar-refractivity contribution < 1.29 is 17.9 Å². The van der Waals surface area contributed by atoms with E-state index < -0.39 is 16.7 Å². The molecule has 0 aliphatic heterocycles. The van der Waals surface area contributed by atoms with Gasteiger partial charge in [0.1, 0.15) is 10.7 Å². The highest BCUT2D eigenvalue weighted by Gasteiger charge is 2.09. The second kappa shape index (κ2) is 4.79. The van der Waals surface area contributed by atoms with Crippen LogP contribution in [0.25, 0.3) is 0 Å². The van der Waals surface area contributed by atoms with Gasteiger partial charge in [-0.25, -0.2) is 13.2 Å². The third kappa shape index (κ3) is 2.95. The number of rotatable bonds is 3. The Kier molecular flexibility index (Phi) is 3.68. The van der Waals surface area contributed by atoms with Gasteiger partial charge in [-0.1, -0.05) is 6.07 Å². The number of thiol groups is 1. The van der Waals surface area contributed by atoms with Gasteiger partial charge in [0.25, 0.3) is 0 Å². The summed E-state index contributed by atoms with van der Waals surface area (Å²) >= 11 is 0. The molecule has 0 unspecified atom stereocenters. The fourth-order valence-corrected chi connectivity index (χ4v) is 1.65. The Balaban J connectivity index is 3.02. The van der Waals surface area contributed by atoms with E-state index in [9.17, 15) is 13.2 Å². The van der Waals surface area contributed by atoms with E-state index in [1.807, 2.05) is 0 Å². The molecule has 0 aromatic heterocycles. The molecule has 0 fully saturated rings. The Morgan fingerprint density at radius 3 is 2.60 bits per heavy atom. The van der Waals surface area contributed by atoms with Crippen LogP contribution in [-0.2, 0) is 21.2 Å². The van der Waals surface area contributed by atoms with Crippen LogP contribution in [0, 0.1) is 0 Å². The first-order chi connectivity index (χ1) is 7.04. The minimum Gasteiger partial charge on any atom is -0.465 e. The number of nitrogen functional groups attached to an aromatic ring is 1. The summed E-state index contributed by atoms with van der Waals surface area (Å²) < 4.78 is 25.4. The number of hydrogen-bond donors (Lipinski definition) is 2. The van der Waals surface area contributed by atoms with Crippen LogP contribution < -0.4 is 5.73 Å². The second-order valence-corrected chi connectivity index (χ2v) is 3.89. The van der Waals surface area contributed by atoms with Crippen molar-refractivity contribution in [1.29, 1.82) is 0 Å². The fraction of sp³-hybridized carbons (Fsp3) is 0.222. The number of hydrogen-bond acceptors (Lipinski definition) is 5. The van der Waals surface area contributed by atoms with E-state index in [4.69, 9.17) is 5.73 Å². The van der Waals surface area contributed by atoms with E-state index in [1.54, 1.807) is 0 Å². The van der Waals surface area contributed by atoms with Crippen LogP contribution in [0.15, 0.2) is 18.2 Å². The normalized spacial score (nSPS) is 10.3. The number of benzene rings is 1. The molecule has 1 rings (SSSR count). The van der Waals surface area contributed by atoms with Crippen molar-refractivity contribution in [2.45, 2.75) is 5.75 Å². The summed E-state index contributed by atoms with van der Waals surface area (Å²) in [6.07, 6.45) is 0. The Morgan fingerprint density at radius 2 is 2.13 bits per heavy atom. The molecule has 15 heavy (non-hydrogen) atoms. The van der Waals surface area contributed by atoms with Crippen molar-refractivity contribution >= 4 is 22.4 Å². The van der Waals surface area contributed by atoms with Crippen LogP contribution in [-0.4, -0.2) is 21.5 Å². The molecule has 0 amide bonds. The number of nitrogens with two attached hydrogens (primary N) is 1. The first kappa shape index (κ1) is 11.5. The number of methoxy groups -OCH3 is 1. The predicted molar refractivity (Wildman–Crippen MR) is 56.2 cm³/mol. The number of ether oxygens (including phenoxy) is 1. The summed E-state index contributed by atoms with van der Waals surface area (Å²) in [5.41, 5.74) is 6.58. The molecule has 0 aliphatic rings. The van der Waals surface area contributed by atoms with Crippen LogP contribution in [0.1, 0.15) is 15.9 Å². The minimum atomic E-state index is -2.49. The van der Waals surface area contributed by atoms with E-state index in [2.05, 4.69) is 4.74 Å². The summed E-state index contributed by atoms with van der Waals surface area (Å²) in [6.45, 7) is 0. The van der Waals surface area contributed by atoms with Crippen molar-refractivity contribution in [3.05, 3.63) is 29.3 Å². The lowest BCUT2D eigenvalue weighted by Gasteiger charge is -2.04. The van der Waals surface area contributed by atoms with Crippen LogP contribution in [0.5, 0.6) is 0 Å². The molecule has 1 aromatic rings. The minimum absolute atomic E-state index is 0.0824. The largest absolute Gasteiger partial charge is 0.465 e. The average molecular weight is 229 g/mol. The molecule has 0 atom stereocenters. The van der Waals surface area contributed by atoms with Gasteiger partial charge in [0.05, 0.1) is 18.4 Å².